The molecule has 0 saturated carbocycles. The van der Waals surface area contributed by atoms with E-state index in [1.54, 1.807) is 0 Å². The van der Waals surface area contributed by atoms with Gasteiger partial charge >= 0.3 is 0 Å². The Morgan fingerprint density at radius 2 is 1.00 bits per heavy atom. The van der Waals surface area contributed by atoms with Gasteiger partial charge in [-0.25, -0.2) is 15.0 Å². The molecular formula is C17H14IN3. The molecule has 4 heteroatoms. The third-order valence-electron chi connectivity index (χ3n) is 3.23. The number of benzene rings is 2. The predicted octanol–water partition coefficient (Wildman–Crippen LogP) is 4.43. The van der Waals surface area contributed by atoms with Crippen LogP contribution in [0.1, 0.15) is 11.1 Å². The van der Waals surface area contributed by atoms with Crippen molar-refractivity contribution < 1.29 is 0 Å². The molecule has 1 aromatic heterocycles. The fourth-order valence-corrected chi connectivity index (χ4v) is 2.47. The van der Waals surface area contributed by atoms with Gasteiger partial charge in [0.05, 0.1) is 0 Å². The number of aryl methyl sites for hydroxylation is 2. The summed E-state index contributed by atoms with van der Waals surface area (Å²) in [5.41, 5.74) is 4.46. The van der Waals surface area contributed by atoms with Crippen LogP contribution in [0.15, 0.2) is 48.5 Å². The summed E-state index contributed by atoms with van der Waals surface area (Å²) in [4.78, 5) is 13.5. The summed E-state index contributed by atoms with van der Waals surface area (Å²) >= 11 is 2.14. The zero-order valence-corrected chi connectivity index (χ0v) is 14.0. The molecule has 3 aromatic rings. The lowest BCUT2D eigenvalue weighted by molar-refractivity contribution is 1.02. The molecule has 0 radical (unpaired) electrons. The normalized spacial score (nSPS) is 10.6. The Balaban J connectivity index is 2.07. The van der Waals surface area contributed by atoms with Crippen molar-refractivity contribution in [2.75, 3.05) is 0 Å². The van der Waals surface area contributed by atoms with Crippen LogP contribution >= 0.6 is 22.6 Å². The maximum Gasteiger partial charge on any atom is 0.194 e. The first-order valence-corrected chi connectivity index (χ1v) is 7.75. The number of nitrogens with zero attached hydrogens (tertiary/aromatic N) is 3. The number of aromatic nitrogens is 3. The Morgan fingerprint density at radius 3 is 1.38 bits per heavy atom. The average molecular weight is 387 g/mol. The topological polar surface area (TPSA) is 38.7 Å². The highest BCUT2D eigenvalue weighted by molar-refractivity contribution is 14.1. The third kappa shape index (κ3) is 3.26. The SMILES string of the molecule is Cc1ccc(-c2nc(I)nc(-c3ccc(C)cc3)n2)cc1. The highest BCUT2D eigenvalue weighted by Gasteiger charge is 2.08. The maximum absolute atomic E-state index is 4.61. The smallest absolute Gasteiger partial charge is 0.194 e. The van der Waals surface area contributed by atoms with Crippen LogP contribution in [0.2, 0.25) is 0 Å². The molecule has 0 unspecified atom stereocenters. The molecule has 0 spiro atoms. The number of hydrogen-bond donors (Lipinski definition) is 0. The van der Waals surface area contributed by atoms with Gasteiger partial charge in [0.1, 0.15) is 0 Å². The van der Waals surface area contributed by atoms with E-state index in [4.69, 9.17) is 0 Å². The van der Waals surface area contributed by atoms with Gasteiger partial charge in [-0.05, 0) is 13.8 Å². The molecule has 0 amide bonds. The molecule has 0 aliphatic carbocycles. The van der Waals surface area contributed by atoms with Crippen LogP contribution in [0, 0.1) is 17.7 Å². The lowest BCUT2D eigenvalue weighted by atomic mass is 10.1. The average Bonchev–Trinajstić information content (AvgIpc) is 2.48. The number of hydrogen-bond acceptors (Lipinski definition) is 3. The second-order valence-electron chi connectivity index (χ2n) is 4.98. The lowest BCUT2D eigenvalue weighted by Gasteiger charge is -2.05. The number of rotatable bonds is 2. The first-order valence-electron chi connectivity index (χ1n) is 6.67. The van der Waals surface area contributed by atoms with E-state index in [0.717, 1.165) is 11.1 Å². The maximum atomic E-state index is 4.61. The van der Waals surface area contributed by atoms with E-state index in [-0.39, 0.29) is 0 Å². The molecule has 2 aromatic carbocycles. The predicted molar refractivity (Wildman–Crippen MR) is 92.9 cm³/mol. The second kappa shape index (κ2) is 5.89. The molecule has 0 saturated heterocycles. The van der Waals surface area contributed by atoms with Gasteiger partial charge in [0.15, 0.2) is 15.5 Å². The Morgan fingerprint density at radius 1 is 0.619 bits per heavy atom. The molecular weight excluding hydrogens is 373 g/mol. The van der Waals surface area contributed by atoms with Crippen LogP contribution in [0.5, 0.6) is 0 Å². The molecule has 0 fully saturated rings. The van der Waals surface area contributed by atoms with Gasteiger partial charge in [-0.3, -0.25) is 0 Å². The van der Waals surface area contributed by atoms with E-state index in [9.17, 15) is 0 Å². The van der Waals surface area contributed by atoms with E-state index in [2.05, 4.69) is 75.7 Å². The van der Waals surface area contributed by atoms with Gasteiger partial charge in [-0.1, -0.05) is 59.7 Å². The van der Waals surface area contributed by atoms with Gasteiger partial charge in [0, 0.05) is 33.7 Å². The molecule has 21 heavy (non-hydrogen) atoms. The largest absolute Gasteiger partial charge is 0.208 e. The van der Waals surface area contributed by atoms with Crippen molar-refractivity contribution in [3.63, 3.8) is 0 Å². The first-order chi connectivity index (χ1) is 10.1. The summed E-state index contributed by atoms with van der Waals surface area (Å²) in [6, 6.07) is 16.4. The van der Waals surface area contributed by atoms with Crippen LogP contribution < -0.4 is 0 Å². The molecule has 3 nitrogen and oxygen atoms in total. The van der Waals surface area contributed by atoms with Crippen LogP contribution in [-0.4, -0.2) is 15.0 Å². The molecule has 0 atom stereocenters. The van der Waals surface area contributed by atoms with Crippen molar-refractivity contribution in [3.05, 3.63) is 63.5 Å². The van der Waals surface area contributed by atoms with Crippen LogP contribution in [0.3, 0.4) is 0 Å². The Kier molecular flexibility index (Phi) is 3.96. The van der Waals surface area contributed by atoms with E-state index in [0.29, 0.717) is 15.5 Å². The van der Waals surface area contributed by atoms with Crippen molar-refractivity contribution in [1.29, 1.82) is 0 Å². The highest BCUT2D eigenvalue weighted by Crippen LogP contribution is 2.21. The molecule has 0 bridgehead atoms. The van der Waals surface area contributed by atoms with Gasteiger partial charge in [-0.2, -0.15) is 0 Å². The van der Waals surface area contributed by atoms with E-state index >= 15 is 0 Å². The summed E-state index contributed by atoms with van der Waals surface area (Å²) in [5, 5.41) is 0. The molecule has 0 aliphatic heterocycles. The second-order valence-corrected chi connectivity index (χ2v) is 5.95. The van der Waals surface area contributed by atoms with Gasteiger partial charge < -0.3 is 0 Å². The summed E-state index contributed by atoms with van der Waals surface area (Å²) in [5.74, 6) is 1.43. The summed E-state index contributed by atoms with van der Waals surface area (Å²) < 4.78 is 0.703. The summed E-state index contributed by atoms with van der Waals surface area (Å²) in [7, 11) is 0. The molecule has 3 rings (SSSR count). The summed E-state index contributed by atoms with van der Waals surface area (Å²) in [6.07, 6.45) is 0. The molecule has 0 aliphatic rings. The minimum absolute atomic E-state index is 0.703. The van der Waals surface area contributed by atoms with Crippen molar-refractivity contribution in [2.45, 2.75) is 13.8 Å². The zero-order valence-electron chi connectivity index (χ0n) is 11.8. The fraction of sp³-hybridized carbons (Fsp3) is 0.118. The molecule has 1 heterocycles. The van der Waals surface area contributed by atoms with Crippen molar-refractivity contribution in [3.8, 4) is 22.8 Å². The number of halogens is 1. The van der Waals surface area contributed by atoms with Crippen LogP contribution in [0.4, 0.5) is 0 Å². The van der Waals surface area contributed by atoms with E-state index in [1.807, 2.05) is 24.3 Å². The van der Waals surface area contributed by atoms with Gasteiger partial charge in [-0.15, -0.1) is 0 Å². The molecule has 0 N–H and O–H groups in total. The van der Waals surface area contributed by atoms with E-state index < -0.39 is 0 Å². The monoisotopic (exact) mass is 387 g/mol. The van der Waals surface area contributed by atoms with Crippen molar-refractivity contribution >= 4 is 22.6 Å². The highest BCUT2D eigenvalue weighted by atomic mass is 127. The zero-order chi connectivity index (χ0) is 14.8. The Labute approximate surface area is 137 Å². The van der Waals surface area contributed by atoms with Crippen molar-refractivity contribution in [1.82, 2.24) is 15.0 Å². The Bertz CT molecular complexity index is 701. The van der Waals surface area contributed by atoms with Crippen LogP contribution in [0.25, 0.3) is 22.8 Å². The standard InChI is InChI=1S/C17H14IN3/c1-11-3-7-13(8-4-11)15-19-16(21-17(18)20-15)14-9-5-12(2)6-10-14/h3-10H,1-2H3. The minimum atomic E-state index is 0.703. The third-order valence-corrected chi connectivity index (χ3v) is 3.71. The van der Waals surface area contributed by atoms with E-state index in [1.165, 1.54) is 11.1 Å². The first kappa shape index (κ1) is 14.1. The van der Waals surface area contributed by atoms with Crippen LogP contribution in [-0.2, 0) is 0 Å². The quantitative estimate of drug-likeness (QED) is 0.611. The molecule has 104 valence electrons. The van der Waals surface area contributed by atoms with Gasteiger partial charge in [0.25, 0.3) is 0 Å². The lowest BCUT2D eigenvalue weighted by Crippen LogP contribution is -1.99. The Hall–Kier alpha value is -1.82. The fourth-order valence-electron chi connectivity index (χ4n) is 2.01. The summed E-state index contributed by atoms with van der Waals surface area (Å²) in [6.45, 7) is 4.14. The minimum Gasteiger partial charge on any atom is -0.208 e. The van der Waals surface area contributed by atoms with Gasteiger partial charge in [0.2, 0.25) is 0 Å². The van der Waals surface area contributed by atoms with Crippen molar-refractivity contribution in [2.24, 2.45) is 0 Å².